The molecule has 1 aliphatic heterocycles. The molecule has 0 spiro atoms. The van der Waals surface area contributed by atoms with Gasteiger partial charge in [0.15, 0.2) is 11.9 Å². The number of benzene rings is 2. The lowest BCUT2D eigenvalue weighted by molar-refractivity contribution is 0.0962. The first-order chi connectivity index (χ1) is 9.16. The van der Waals surface area contributed by atoms with Crippen LogP contribution in [0, 0.1) is 0 Å². The first-order valence-electron chi connectivity index (χ1n) is 5.91. The van der Waals surface area contributed by atoms with Crippen molar-refractivity contribution in [3.05, 3.63) is 76.8 Å². The molecular weight excluding hydrogens is 260 g/mol. The molecule has 94 valence electrons. The Morgan fingerprint density at radius 2 is 1.89 bits per heavy atom. The summed E-state index contributed by atoms with van der Waals surface area (Å²) in [5.41, 5.74) is 1.83. The van der Waals surface area contributed by atoms with Crippen molar-refractivity contribution < 1.29 is 9.53 Å². The van der Waals surface area contributed by atoms with E-state index in [4.69, 9.17) is 16.3 Å². The van der Waals surface area contributed by atoms with Gasteiger partial charge in [0.05, 0.1) is 5.56 Å². The molecule has 3 heteroatoms. The zero-order chi connectivity index (χ0) is 13.4. The number of carbonyl (C=O) groups excluding carboxylic acids is 1. The maximum absolute atomic E-state index is 12.3. The molecule has 0 radical (unpaired) electrons. The maximum atomic E-state index is 12.3. The number of Topliss-reactive ketones (excluding diaryl/α,β-unsaturated/α-hetero) is 1. The van der Waals surface area contributed by atoms with Gasteiger partial charge in [-0.3, -0.25) is 4.79 Å². The van der Waals surface area contributed by atoms with Crippen molar-refractivity contribution in [3.8, 4) is 5.75 Å². The molecule has 1 unspecified atom stereocenters. The normalized spacial score (nSPS) is 17.8. The van der Waals surface area contributed by atoms with Gasteiger partial charge in [0.1, 0.15) is 5.75 Å². The van der Waals surface area contributed by atoms with Gasteiger partial charge >= 0.3 is 0 Å². The number of carbonyl (C=O) groups is 1. The van der Waals surface area contributed by atoms with Crippen molar-refractivity contribution >= 4 is 17.4 Å². The number of fused-ring (bicyclic) bond motifs is 1. The lowest BCUT2D eigenvalue weighted by Gasteiger charge is -2.27. The fourth-order valence-corrected chi connectivity index (χ4v) is 2.38. The van der Waals surface area contributed by atoms with Crippen molar-refractivity contribution in [3.63, 3.8) is 0 Å². The molecule has 0 fully saturated rings. The van der Waals surface area contributed by atoms with Gasteiger partial charge in [-0.15, -0.1) is 0 Å². The second-order valence-electron chi connectivity index (χ2n) is 4.40. The van der Waals surface area contributed by atoms with Crippen LogP contribution in [0.15, 0.2) is 60.7 Å². The fraction of sp³-hybridized carbons (Fsp3) is 0.0625. The second-order valence-corrected chi connectivity index (χ2v) is 4.84. The minimum Gasteiger partial charge on any atom is -0.480 e. The molecule has 0 bridgehead atoms. The van der Waals surface area contributed by atoms with Gasteiger partial charge in [-0.1, -0.05) is 42.4 Å². The zero-order valence-corrected chi connectivity index (χ0v) is 10.9. The van der Waals surface area contributed by atoms with E-state index in [-0.39, 0.29) is 5.78 Å². The predicted molar refractivity (Wildman–Crippen MR) is 74.7 cm³/mol. The summed E-state index contributed by atoms with van der Waals surface area (Å²) < 4.78 is 5.88. The van der Waals surface area contributed by atoms with Crippen LogP contribution in [0.4, 0.5) is 0 Å². The van der Waals surface area contributed by atoms with Crippen LogP contribution in [-0.2, 0) is 0 Å². The summed E-state index contributed by atoms with van der Waals surface area (Å²) in [6, 6.07) is 14.5. The van der Waals surface area contributed by atoms with Gasteiger partial charge in [0.25, 0.3) is 0 Å². The van der Waals surface area contributed by atoms with E-state index in [1.807, 2.05) is 24.3 Å². The Morgan fingerprint density at radius 1 is 1.11 bits per heavy atom. The summed E-state index contributed by atoms with van der Waals surface area (Å²) >= 11 is 5.98. The average molecular weight is 271 g/mol. The van der Waals surface area contributed by atoms with Gasteiger partial charge in [-0.25, -0.2) is 0 Å². The summed E-state index contributed by atoms with van der Waals surface area (Å²) in [6.07, 6.45) is -0.471. The molecule has 1 aliphatic rings. The van der Waals surface area contributed by atoms with Crippen LogP contribution in [0.25, 0.3) is 0 Å². The Morgan fingerprint density at radius 3 is 2.68 bits per heavy atom. The summed E-state index contributed by atoms with van der Waals surface area (Å²) in [4.78, 5) is 12.3. The molecule has 0 saturated heterocycles. The van der Waals surface area contributed by atoms with Crippen LogP contribution in [-0.4, -0.2) is 5.78 Å². The van der Waals surface area contributed by atoms with Gasteiger partial charge in [0.2, 0.25) is 0 Å². The number of ketones is 1. The van der Waals surface area contributed by atoms with Gasteiger partial charge in [-0.2, -0.15) is 0 Å². The number of hydrogen-bond donors (Lipinski definition) is 0. The molecule has 19 heavy (non-hydrogen) atoms. The van der Waals surface area contributed by atoms with Crippen LogP contribution < -0.4 is 4.74 Å². The van der Waals surface area contributed by atoms with E-state index in [0.717, 1.165) is 5.56 Å². The number of para-hydroxylation sites is 1. The summed E-state index contributed by atoms with van der Waals surface area (Å²) in [5, 5.41) is 0.611. The number of halogens is 1. The molecule has 0 aromatic heterocycles. The molecule has 2 aromatic carbocycles. The minimum atomic E-state index is -0.471. The Kier molecular flexibility index (Phi) is 2.88. The molecule has 0 aliphatic carbocycles. The van der Waals surface area contributed by atoms with Gasteiger partial charge in [-0.05, 0) is 29.8 Å². The Bertz CT molecular complexity index is 676. The molecule has 3 rings (SSSR count). The van der Waals surface area contributed by atoms with Crippen LogP contribution >= 0.6 is 11.6 Å². The van der Waals surface area contributed by atoms with Crippen LogP contribution in [0.1, 0.15) is 22.0 Å². The van der Waals surface area contributed by atoms with E-state index in [2.05, 4.69) is 6.58 Å². The first-order valence-corrected chi connectivity index (χ1v) is 6.29. The van der Waals surface area contributed by atoms with Crippen LogP contribution in [0.5, 0.6) is 5.75 Å². The van der Waals surface area contributed by atoms with Crippen LogP contribution in [0.3, 0.4) is 0 Å². The molecule has 0 saturated carbocycles. The number of rotatable bonds is 1. The predicted octanol–water partition coefficient (Wildman–Crippen LogP) is 4.21. The first kappa shape index (κ1) is 12.0. The third-order valence-electron chi connectivity index (χ3n) is 3.14. The monoisotopic (exact) mass is 270 g/mol. The SMILES string of the molecule is C=C1C(=O)c2ccccc2OC1c1cccc(Cl)c1. The third kappa shape index (κ3) is 2.04. The molecular formula is C16H11ClO2. The highest BCUT2D eigenvalue weighted by Gasteiger charge is 2.31. The Labute approximate surface area is 116 Å². The van der Waals surface area contributed by atoms with E-state index < -0.39 is 6.10 Å². The largest absolute Gasteiger partial charge is 0.480 e. The number of hydrogen-bond acceptors (Lipinski definition) is 2. The molecule has 2 nitrogen and oxygen atoms in total. The minimum absolute atomic E-state index is 0.0770. The highest BCUT2D eigenvalue weighted by atomic mass is 35.5. The van der Waals surface area contributed by atoms with E-state index in [9.17, 15) is 4.79 Å². The van der Waals surface area contributed by atoms with Crippen LogP contribution in [0.2, 0.25) is 5.02 Å². The number of ether oxygens (including phenoxy) is 1. The maximum Gasteiger partial charge on any atom is 0.196 e. The summed E-state index contributed by atoms with van der Waals surface area (Å²) in [7, 11) is 0. The van der Waals surface area contributed by atoms with Crippen molar-refractivity contribution in [2.75, 3.05) is 0 Å². The van der Waals surface area contributed by atoms with Crippen molar-refractivity contribution in [1.29, 1.82) is 0 Å². The third-order valence-corrected chi connectivity index (χ3v) is 3.37. The zero-order valence-electron chi connectivity index (χ0n) is 10.1. The van der Waals surface area contributed by atoms with E-state index in [0.29, 0.717) is 21.9 Å². The Hall–Kier alpha value is -2.06. The molecule has 1 atom stereocenters. The van der Waals surface area contributed by atoms with Crippen molar-refractivity contribution in [2.24, 2.45) is 0 Å². The Balaban J connectivity index is 2.07. The smallest absolute Gasteiger partial charge is 0.196 e. The second kappa shape index (κ2) is 4.56. The standard InChI is InChI=1S/C16H11ClO2/c1-10-15(18)13-7-2-3-8-14(13)19-16(10)11-5-4-6-12(17)9-11/h2-9,16H,1H2. The van der Waals surface area contributed by atoms with E-state index in [1.54, 1.807) is 24.3 Å². The quantitative estimate of drug-likeness (QED) is 0.726. The molecule has 0 N–H and O–H groups in total. The topological polar surface area (TPSA) is 26.3 Å². The lowest BCUT2D eigenvalue weighted by Crippen LogP contribution is -2.23. The van der Waals surface area contributed by atoms with Crippen molar-refractivity contribution in [1.82, 2.24) is 0 Å². The van der Waals surface area contributed by atoms with E-state index in [1.165, 1.54) is 0 Å². The molecule has 0 amide bonds. The van der Waals surface area contributed by atoms with Gasteiger partial charge < -0.3 is 4.74 Å². The fourth-order valence-electron chi connectivity index (χ4n) is 2.19. The molecule has 2 aromatic rings. The average Bonchev–Trinajstić information content (AvgIpc) is 2.43. The van der Waals surface area contributed by atoms with Gasteiger partial charge in [0, 0.05) is 10.6 Å². The summed E-state index contributed by atoms with van der Waals surface area (Å²) in [5.74, 6) is 0.511. The summed E-state index contributed by atoms with van der Waals surface area (Å²) in [6.45, 7) is 3.86. The highest BCUT2D eigenvalue weighted by Crippen LogP contribution is 2.37. The molecule has 1 heterocycles. The lowest BCUT2D eigenvalue weighted by atomic mass is 9.92. The highest BCUT2D eigenvalue weighted by molar-refractivity contribution is 6.30. The van der Waals surface area contributed by atoms with E-state index >= 15 is 0 Å². The van der Waals surface area contributed by atoms with Crippen molar-refractivity contribution in [2.45, 2.75) is 6.10 Å².